The summed E-state index contributed by atoms with van der Waals surface area (Å²) in [6.45, 7) is 1.98. The zero-order valence-corrected chi connectivity index (χ0v) is 10.4. The molecule has 3 rings (SSSR count). The largest absolute Gasteiger partial charge is 0.508 e. The average Bonchev–Trinajstić information content (AvgIpc) is 2.77. The van der Waals surface area contributed by atoms with Gasteiger partial charge in [0, 0.05) is 5.69 Å². The summed E-state index contributed by atoms with van der Waals surface area (Å²) in [7, 11) is 0. The van der Waals surface area contributed by atoms with Crippen LogP contribution in [0.4, 0.5) is 5.69 Å². The number of hydrogen-bond donors (Lipinski definition) is 2. The third kappa shape index (κ3) is 1.92. The molecular weight excluding hydrogens is 224 g/mol. The summed E-state index contributed by atoms with van der Waals surface area (Å²) in [4.78, 5) is 4.28. The molecule has 1 heterocycles. The van der Waals surface area contributed by atoms with Crippen LogP contribution in [0, 0.1) is 6.92 Å². The molecule has 3 heteroatoms. The fourth-order valence-electron chi connectivity index (χ4n) is 2.54. The number of aryl methyl sites for hydroxylation is 1. The molecule has 0 saturated heterocycles. The van der Waals surface area contributed by atoms with Crippen molar-refractivity contribution in [3.63, 3.8) is 0 Å². The lowest BCUT2D eigenvalue weighted by Gasteiger charge is -2.15. The fraction of sp³-hybridized carbons (Fsp3) is 0.267. The topological polar surface area (TPSA) is 45.1 Å². The molecule has 0 saturated carbocycles. The molecule has 1 aromatic heterocycles. The molecule has 18 heavy (non-hydrogen) atoms. The SMILES string of the molecule is Cc1ccc(NC2CCc3c(O)cccc32)cn1. The van der Waals surface area contributed by atoms with Crippen LogP contribution in [0.2, 0.25) is 0 Å². The lowest BCUT2D eigenvalue weighted by atomic mass is 10.1. The molecular formula is C15H16N2O. The van der Waals surface area contributed by atoms with Crippen molar-refractivity contribution in [2.75, 3.05) is 5.32 Å². The van der Waals surface area contributed by atoms with E-state index in [1.807, 2.05) is 31.3 Å². The van der Waals surface area contributed by atoms with E-state index in [2.05, 4.69) is 16.4 Å². The third-order valence-electron chi connectivity index (χ3n) is 3.50. The zero-order chi connectivity index (χ0) is 12.5. The first kappa shape index (κ1) is 11.1. The van der Waals surface area contributed by atoms with Gasteiger partial charge in [0.15, 0.2) is 0 Å². The number of pyridine rings is 1. The molecule has 0 fully saturated rings. The number of nitrogens with zero attached hydrogens (tertiary/aromatic N) is 1. The fourth-order valence-corrected chi connectivity index (χ4v) is 2.54. The third-order valence-corrected chi connectivity index (χ3v) is 3.50. The molecule has 0 radical (unpaired) electrons. The number of benzene rings is 1. The van der Waals surface area contributed by atoms with Crippen LogP contribution in [0.25, 0.3) is 0 Å². The second-order valence-corrected chi connectivity index (χ2v) is 4.77. The molecule has 0 spiro atoms. The summed E-state index contributed by atoms with van der Waals surface area (Å²) in [6.07, 6.45) is 3.80. The normalized spacial score (nSPS) is 17.5. The Balaban J connectivity index is 1.85. The maximum atomic E-state index is 9.81. The van der Waals surface area contributed by atoms with E-state index < -0.39 is 0 Å². The Kier molecular flexibility index (Phi) is 2.67. The smallest absolute Gasteiger partial charge is 0.119 e. The molecule has 1 aliphatic rings. The van der Waals surface area contributed by atoms with Crippen molar-refractivity contribution in [3.05, 3.63) is 53.3 Å². The highest BCUT2D eigenvalue weighted by Gasteiger charge is 2.24. The summed E-state index contributed by atoms with van der Waals surface area (Å²) in [5.74, 6) is 0.416. The molecule has 0 amide bonds. The predicted octanol–water partition coefficient (Wildman–Crippen LogP) is 3.20. The summed E-state index contributed by atoms with van der Waals surface area (Å²) >= 11 is 0. The standard InChI is InChI=1S/C15H16N2O/c1-10-5-6-11(9-16-10)17-14-8-7-13-12(14)3-2-4-15(13)18/h2-6,9,14,17-18H,7-8H2,1H3. The van der Waals surface area contributed by atoms with Gasteiger partial charge in [0.2, 0.25) is 0 Å². The molecule has 0 aliphatic heterocycles. The van der Waals surface area contributed by atoms with Crippen molar-refractivity contribution in [2.24, 2.45) is 0 Å². The molecule has 0 bridgehead atoms. The van der Waals surface area contributed by atoms with Gasteiger partial charge in [-0.2, -0.15) is 0 Å². The Bertz CT molecular complexity index is 563. The maximum Gasteiger partial charge on any atom is 0.119 e. The Morgan fingerprint density at radius 2 is 2.17 bits per heavy atom. The highest BCUT2D eigenvalue weighted by atomic mass is 16.3. The molecule has 1 unspecified atom stereocenters. The van der Waals surface area contributed by atoms with Gasteiger partial charge in [-0.15, -0.1) is 0 Å². The molecule has 92 valence electrons. The minimum absolute atomic E-state index is 0.275. The van der Waals surface area contributed by atoms with Crippen LogP contribution >= 0.6 is 0 Å². The van der Waals surface area contributed by atoms with Crippen LogP contribution in [0.3, 0.4) is 0 Å². The van der Waals surface area contributed by atoms with Gasteiger partial charge in [-0.3, -0.25) is 4.98 Å². The molecule has 1 aliphatic carbocycles. The monoisotopic (exact) mass is 240 g/mol. The van der Waals surface area contributed by atoms with Crippen LogP contribution in [-0.2, 0) is 6.42 Å². The average molecular weight is 240 g/mol. The van der Waals surface area contributed by atoms with Crippen molar-refractivity contribution in [2.45, 2.75) is 25.8 Å². The number of aromatic nitrogens is 1. The van der Waals surface area contributed by atoms with Gasteiger partial charge in [0.25, 0.3) is 0 Å². The van der Waals surface area contributed by atoms with Gasteiger partial charge in [-0.1, -0.05) is 12.1 Å². The number of rotatable bonds is 2. The second-order valence-electron chi connectivity index (χ2n) is 4.77. The van der Waals surface area contributed by atoms with Gasteiger partial charge in [0.1, 0.15) is 5.75 Å². The Hall–Kier alpha value is -2.03. The van der Waals surface area contributed by atoms with E-state index in [1.54, 1.807) is 6.07 Å². The van der Waals surface area contributed by atoms with Crippen LogP contribution < -0.4 is 5.32 Å². The van der Waals surface area contributed by atoms with Gasteiger partial charge in [0.05, 0.1) is 17.9 Å². The molecule has 1 aromatic carbocycles. The van der Waals surface area contributed by atoms with Crippen LogP contribution in [0.1, 0.15) is 29.3 Å². The zero-order valence-electron chi connectivity index (χ0n) is 10.4. The van der Waals surface area contributed by atoms with Crippen LogP contribution in [0.15, 0.2) is 36.5 Å². The maximum absolute atomic E-state index is 9.81. The number of fused-ring (bicyclic) bond motifs is 1. The Morgan fingerprint density at radius 1 is 1.28 bits per heavy atom. The molecule has 2 aromatic rings. The number of phenolic OH excluding ortho intramolecular Hbond substituents is 1. The van der Waals surface area contributed by atoms with Crippen molar-refractivity contribution < 1.29 is 5.11 Å². The Labute approximate surface area is 107 Å². The van der Waals surface area contributed by atoms with Crippen LogP contribution in [0.5, 0.6) is 5.75 Å². The molecule has 2 N–H and O–H groups in total. The molecule has 3 nitrogen and oxygen atoms in total. The minimum Gasteiger partial charge on any atom is -0.508 e. The van der Waals surface area contributed by atoms with Gasteiger partial charge in [-0.25, -0.2) is 0 Å². The van der Waals surface area contributed by atoms with Gasteiger partial charge >= 0.3 is 0 Å². The Morgan fingerprint density at radius 3 is 2.94 bits per heavy atom. The van der Waals surface area contributed by atoms with E-state index in [0.717, 1.165) is 29.8 Å². The predicted molar refractivity (Wildman–Crippen MR) is 71.8 cm³/mol. The first-order valence-electron chi connectivity index (χ1n) is 6.24. The summed E-state index contributed by atoms with van der Waals surface area (Å²) in [6, 6.07) is 10.1. The van der Waals surface area contributed by atoms with E-state index in [9.17, 15) is 5.11 Å². The summed E-state index contributed by atoms with van der Waals surface area (Å²) in [5.41, 5.74) is 4.33. The lowest BCUT2D eigenvalue weighted by molar-refractivity contribution is 0.469. The van der Waals surface area contributed by atoms with Crippen molar-refractivity contribution in [1.82, 2.24) is 4.98 Å². The van der Waals surface area contributed by atoms with Gasteiger partial charge in [-0.05, 0) is 49.1 Å². The van der Waals surface area contributed by atoms with E-state index in [0.29, 0.717) is 5.75 Å². The number of hydrogen-bond acceptors (Lipinski definition) is 3. The highest BCUT2D eigenvalue weighted by molar-refractivity contribution is 5.50. The second kappa shape index (κ2) is 4.33. The number of anilines is 1. The quantitative estimate of drug-likeness (QED) is 0.847. The first-order chi connectivity index (χ1) is 8.74. The van der Waals surface area contributed by atoms with Crippen molar-refractivity contribution >= 4 is 5.69 Å². The van der Waals surface area contributed by atoms with Gasteiger partial charge < -0.3 is 10.4 Å². The number of aromatic hydroxyl groups is 1. The summed E-state index contributed by atoms with van der Waals surface area (Å²) < 4.78 is 0. The molecule has 1 atom stereocenters. The van der Waals surface area contributed by atoms with Crippen molar-refractivity contribution in [1.29, 1.82) is 0 Å². The van der Waals surface area contributed by atoms with E-state index in [4.69, 9.17) is 0 Å². The highest BCUT2D eigenvalue weighted by Crippen LogP contribution is 2.37. The first-order valence-corrected chi connectivity index (χ1v) is 6.24. The number of nitrogens with one attached hydrogen (secondary N) is 1. The van der Waals surface area contributed by atoms with E-state index >= 15 is 0 Å². The van der Waals surface area contributed by atoms with E-state index in [1.165, 1.54) is 5.56 Å². The van der Waals surface area contributed by atoms with Crippen molar-refractivity contribution in [3.8, 4) is 5.75 Å². The summed E-state index contributed by atoms with van der Waals surface area (Å²) in [5, 5.41) is 13.3. The minimum atomic E-state index is 0.275. The lowest BCUT2D eigenvalue weighted by Crippen LogP contribution is -2.07. The van der Waals surface area contributed by atoms with Crippen LogP contribution in [-0.4, -0.2) is 10.1 Å². The van der Waals surface area contributed by atoms with E-state index in [-0.39, 0.29) is 6.04 Å². The number of phenols is 1.